The quantitative estimate of drug-likeness (QED) is 0.379. The average molecular weight is 495 g/mol. The maximum Gasteiger partial charge on any atom is 0.193 e. The fourth-order valence-corrected chi connectivity index (χ4v) is 3.93. The zero-order chi connectivity index (χ0) is 19.2. The van der Waals surface area contributed by atoms with Gasteiger partial charge in [0.25, 0.3) is 0 Å². The van der Waals surface area contributed by atoms with E-state index in [4.69, 9.17) is 0 Å². The number of halogens is 1. The van der Waals surface area contributed by atoms with Crippen molar-refractivity contribution in [2.75, 3.05) is 27.2 Å². The zero-order valence-corrected chi connectivity index (χ0v) is 19.9. The van der Waals surface area contributed by atoms with Crippen molar-refractivity contribution in [1.82, 2.24) is 19.7 Å². The lowest BCUT2D eigenvalue weighted by Gasteiger charge is -2.36. The minimum absolute atomic E-state index is 0. The van der Waals surface area contributed by atoms with Gasteiger partial charge in [-0.3, -0.25) is 9.89 Å². The number of hydrogen-bond acceptors (Lipinski definition) is 2. The van der Waals surface area contributed by atoms with E-state index in [-0.39, 0.29) is 24.0 Å². The smallest absolute Gasteiger partial charge is 0.193 e. The molecule has 0 amide bonds. The van der Waals surface area contributed by atoms with Crippen molar-refractivity contribution < 1.29 is 0 Å². The molecule has 1 N–H and O–H groups in total. The van der Waals surface area contributed by atoms with Crippen LogP contribution in [0.15, 0.2) is 47.6 Å². The van der Waals surface area contributed by atoms with Crippen molar-refractivity contribution >= 4 is 29.9 Å². The Morgan fingerprint density at radius 3 is 2.61 bits per heavy atom. The standard InChI is InChI=1S/C22H33N5.HI/c1-5-20(27-14-12-18-9-6-7-10-19(18)16-27)15-24-22(23-2)26(4)17-21-11-8-13-25(21)3;/h6-11,13,20H,5,12,14-17H2,1-4H3,(H,23,24);1H. The maximum atomic E-state index is 4.49. The number of nitrogens with zero attached hydrogens (tertiary/aromatic N) is 4. The molecule has 154 valence electrons. The molecule has 1 aliphatic heterocycles. The van der Waals surface area contributed by atoms with E-state index in [2.05, 4.69) is 88.3 Å². The van der Waals surface area contributed by atoms with Crippen molar-refractivity contribution in [3.05, 3.63) is 59.4 Å². The van der Waals surface area contributed by atoms with Crippen LogP contribution in [-0.2, 0) is 26.6 Å². The van der Waals surface area contributed by atoms with Crippen molar-refractivity contribution in [1.29, 1.82) is 0 Å². The van der Waals surface area contributed by atoms with Gasteiger partial charge in [-0.05, 0) is 36.1 Å². The summed E-state index contributed by atoms with van der Waals surface area (Å²) < 4.78 is 2.16. The van der Waals surface area contributed by atoms with E-state index >= 15 is 0 Å². The van der Waals surface area contributed by atoms with Crippen LogP contribution in [0.3, 0.4) is 0 Å². The molecule has 28 heavy (non-hydrogen) atoms. The Morgan fingerprint density at radius 1 is 1.21 bits per heavy atom. The molecule has 5 nitrogen and oxygen atoms in total. The number of aliphatic imine (C=N–C) groups is 1. The van der Waals surface area contributed by atoms with Crippen LogP contribution in [0.4, 0.5) is 0 Å². The highest BCUT2D eigenvalue weighted by Crippen LogP contribution is 2.21. The highest BCUT2D eigenvalue weighted by Gasteiger charge is 2.22. The van der Waals surface area contributed by atoms with E-state index in [0.717, 1.165) is 45.0 Å². The number of fused-ring (bicyclic) bond motifs is 1. The van der Waals surface area contributed by atoms with Crippen molar-refractivity contribution in [3.8, 4) is 0 Å². The lowest BCUT2D eigenvalue weighted by molar-refractivity contribution is 0.173. The number of aryl methyl sites for hydroxylation is 1. The van der Waals surface area contributed by atoms with Gasteiger partial charge >= 0.3 is 0 Å². The topological polar surface area (TPSA) is 35.8 Å². The second-order valence-corrected chi connectivity index (χ2v) is 7.45. The number of rotatable bonds is 6. The summed E-state index contributed by atoms with van der Waals surface area (Å²) in [5, 5.41) is 3.60. The van der Waals surface area contributed by atoms with E-state index in [1.165, 1.54) is 16.8 Å². The van der Waals surface area contributed by atoms with Crippen molar-refractivity contribution in [2.45, 2.75) is 38.9 Å². The summed E-state index contributed by atoms with van der Waals surface area (Å²) in [5.41, 5.74) is 4.27. The number of nitrogens with one attached hydrogen (secondary N) is 1. The molecule has 1 unspecified atom stereocenters. The molecule has 6 heteroatoms. The van der Waals surface area contributed by atoms with E-state index in [9.17, 15) is 0 Å². The molecule has 3 rings (SSSR count). The predicted molar refractivity (Wildman–Crippen MR) is 128 cm³/mol. The minimum atomic E-state index is 0. The monoisotopic (exact) mass is 495 g/mol. The molecular weight excluding hydrogens is 461 g/mol. The third-order valence-electron chi connectivity index (χ3n) is 5.67. The molecule has 0 saturated heterocycles. The van der Waals surface area contributed by atoms with Crippen LogP contribution in [0.2, 0.25) is 0 Å². The minimum Gasteiger partial charge on any atom is -0.355 e. The largest absolute Gasteiger partial charge is 0.355 e. The van der Waals surface area contributed by atoms with E-state index in [1.54, 1.807) is 0 Å². The van der Waals surface area contributed by atoms with Crippen LogP contribution in [0.5, 0.6) is 0 Å². The highest BCUT2D eigenvalue weighted by atomic mass is 127. The molecule has 0 aliphatic carbocycles. The second kappa shape index (κ2) is 10.9. The first-order valence-corrected chi connectivity index (χ1v) is 9.95. The second-order valence-electron chi connectivity index (χ2n) is 7.45. The summed E-state index contributed by atoms with van der Waals surface area (Å²) in [5.74, 6) is 0.951. The van der Waals surface area contributed by atoms with Gasteiger partial charge in [-0.25, -0.2) is 0 Å². The first-order chi connectivity index (χ1) is 13.1. The molecule has 0 radical (unpaired) electrons. The number of guanidine groups is 1. The molecule has 1 atom stereocenters. The number of aromatic nitrogens is 1. The summed E-state index contributed by atoms with van der Waals surface area (Å²) >= 11 is 0. The Morgan fingerprint density at radius 2 is 1.96 bits per heavy atom. The van der Waals surface area contributed by atoms with Crippen LogP contribution in [-0.4, -0.2) is 53.6 Å². The molecule has 0 fully saturated rings. The third-order valence-corrected chi connectivity index (χ3v) is 5.67. The lowest BCUT2D eigenvalue weighted by Crippen LogP contribution is -2.48. The van der Waals surface area contributed by atoms with Crippen molar-refractivity contribution in [3.63, 3.8) is 0 Å². The Bertz CT molecular complexity index is 770. The SMILES string of the molecule is CCC(CNC(=NC)N(C)Cc1cccn1C)N1CCc2ccccc2C1.I. The van der Waals surface area contributed by atoms with Crippen LogP contribution in [0, 0.1) is 0 Å². The molecule has 2 heterocycles. The average Bonchev–Trinajstić information content (AvgIpc) is 3.09. The van der Waals surface area contributed by atoms with Gasteiger partial charge in [-0.15, -0.1) is 24.0 Å². The molecule has 0 bridgehead atoms. The van der Waals surface area contributed by atoms with Gasteiger partial charge in [0.15, 0.2) is 5.96 Å². The lowest BCUT2D eigenvalue weighted by atomic mass is 9.98. The van der Waals surface area contributed by atoms with Gasteiger partial charge in [0.1, 0.15) is 0 Å². The third kappa shape index (κ3) is 5.50. The van der Waals surface area contributed by atoms with E-state index in [0.29, 0.717) is 6.04 Å². The molecule has 2 aromatic rings. The molecule has 0 saturated carbocycles. The summed E-state index contributed by atoms with van der Waals surface area (Å²) in [6, 6.07) is 13.6. The molecule has 1 aromatic carbocycles. The summed E-state index contributed by atoms with van der Waals surface area (Å²) in [4.78, 5) is 9.29. The fourth-order valence-electron chi connectivity index (χ4n) is 3.93. The van der Waals surface area contributed by atoms with Gasteiger partial charge in [0.05, 0.1) is 6.54 Å². The summed E-state index contributed by atoms with van der Waals surface area (Å²) in [7, 11) is 6.04. The van der Waals surface area contributed by atoms with Crippen LogP contribution < -0.4 is 5.32 Å². The van der Waals surface area contributed by atoms with Crippen LogP contribution in [0.1, 0.15) is 30.2 Å². The van der Waals surface area contributed by atoms with E-state index in [1.807, 2.05) is 7.05 Å². The molecule has 1 aromatic heterocycles. The molecular formula is C22H34IN5. The molecule has 0 spiro atoms. The zero-order valence-electron chi connectivity index (χ0n) is 17.6. The number of hydrogen-bond donors (Lipinski definition) is 1. The predicted octanol–water partition coefficient (Wildman–Crippen LogP) is 3.49. The summed E-state index contributed by atoms with van der Waals surface area (Å²) in [6.07, 6.45) is 4.36. The van der Waals surface area contributed by atoms with Crippen LogP contribution >= 0.6 is 24.0 Å². The number of benzene rings is 1. The first-order valence-electron chi connectivity index (χ1n) is 9.95. The Kier molecular flexibility index (Phi) is 8.82. The maximum absolute atomic E-state index is 4.49. The Labute approximate surface area is 186 Å². The van der Waals surface area contributed by atoms with Crippen molar-refractivity contribution in [2.24, 2.45) is 12.0 Å². The molecule has 1 aliphatic rings. The van der Waals surface area contributed by atoms with Gasteiger partial charge in [-0.2, -0.15) is 0 Å². The van der Waals surface area contributed by atoms with Gasteiger partial charge in [0.2, 0.25) is 0 Å². The normalized spacial score (nSPS) is 15.5. The summed E-state index contributed by atoms with van der Waals surface area (Å²) in [6.45, 7) is 6.23. The van der Waals surface area contributed by atoms with Gasteiger partial charge in [-0.1, -0.05) is 31.2 Å². The van der Waals surface area contributed by atoms with Crippen LogP contribution in [0.25, 0.3) is 0 Å². The van der Waals surface area contributed by atoms with Gasteiger partial charge < -0.3 is 14.8 Å². The van der Waals surface area contributed by atoms with E-state index < -0.39 is 0 Å². The van der Waals surface area contributed by atoms with Gasteiger partial charge in [0, 0.05) is 58.7 Å². The fraction of sp³-hybridized carbons (Fsp3) is 0.500. The Hall–Kier alpha value is -1.54. The Balaban J connectivity index is 0.00000280. The highest BCUT2D eigenvalue weighted by molar-refractivity contribution is 14.0. The first kappa shape index (κ1) is 22.7.